The van der Waals surface area contributed by atoms with Gasteiger partial charge in [0.15, 0.2) is 34.4 Å². The molecule has 9 aromatic heterocycles. The van der Waals surface area contributed by atoms with Gasteiger partial charge in [-0.3, -0.25) is 23.5 Å². The highest BCUT2D eigenvalue weighted by Crippen LogP contribution is 2.38. The Kier molecular flexibility index (Phi) is 15.3. The van der Waals surface area contributed by atoms with E-state index < -0.39 is 0 Å². The number of para-hydroxylation sites is 2. The zero-order chi connectivity index (χ0) is 61.4. The van der Waals surface area contributed by atoms with E-state index in [1.54, 1.807) is 23.5 Å². The number of pyridine rings is 3. The van der Waals surface area contributed by atoms with Gasteiger partial charge in [0.25, 0.3) is 16.7 Å². The van der Waals surface area contributed by atoms with Gasteiger partial charge in [-0.15, -0.1) is 0 Å². The predicted octanol–water partition coefficient (Wildman–Crippen LogP) is 12.5. The van der Waals surface area contributed by atoms with Crippen LogP contribution in [0.5, 0.6) is 0 Å². The first-order chi connectivity index (χ1) is 43.3. The van der Waals surface area contributed by atoms with Crippen LogP contribution in [0.25, 0.3) is 77.2 Å². The number of hydrogen-bond donors (Lipinski definition) is 6. The molecule has 0 radical (unpaired) electrons. The molecule has 0 aliphatic heterocycles. The lowest BCUT2D eigenvalue weighted by atomic mass is 10.0. The minimum absolute atomic E-state index is 0.0143. The fraction of sp³-hybridized carbons (Fsp3) is 0.206. The van der Waals surface area contributed by atoms with Gasteiger partial charge in [-0.25, -0.2) is 44.9 Å². The van der Waals surface area contributed by atoms with Crippen LogP contribution in [0.3, 0.4) is 0 Å². The Morgan fingerprint density at radius 1 is 0.461 bits per heavy atom. The molecular formula is C68H64N18O3. The van der Waals surface area contributed by atoms with Gasteiger partial charge in [0.2, 0.25) is 0 Å². The number of aromatic amines is 3. The lowest BCUT2D eigenvalue weighted by Crippen LogP contribution is -2.27. The summed E-state index contributed by atoms with van der Waals surface area (Å²) in [6.45, 7) is 14.1. The Balaban J connectivity index is 0.000000123. The Bertz CT molecular complexity index is 5160. The molecule has 0 bridgehead atoms. The van der Waals surface area contributed by atoms with Crippen molar-refractivity contribution >= 4 is 83.3 Å². The van der Waals surface area contributed by atoms with E-state index >= 15 is 0 Å². The van der Waals surface area contributed by atoms with E-state index in [-0.39, 0.29) is 34.8 Å². The van der Waals surface area contributed by atoms with Crippen molar-refractivity contribution in [2.24, 2.45) is 0 Å². The normalized spacial score (nSPS) is 13.2. The molecule has 0 saturated heterocycles. The van der Waals surface area contributed by atoms with Crippen LogP contribution in [0.2, 0.25) is 0 Å². The Morgan fingerprint density at radius 2 is 0.888 bits per heavy atom. The summed E-state index contributed by atoms with van der Waals surface area (Å²) in [4.78, 5) is 88.2. The number of hydrogen-bond acceptors (Lipinski definition) is 15. The van der Waals surface area contributed by atoms with Crippen molar-refractivity contribution in [3.8, 4) is 11.4 Å². The number of fused-ring (bicyclic) bond motifs is 6. The topological polar surface area (TPSA) is 265 Å². The standard InChI is InChI=1S/C25H24N6O.C23H20N6O.C20H20N6O/c1-4-18(30-24-22-23(27-13-26-22)28-14-29-24)20-12-17-10-7-9-16(3)21(17)25(32)31(20)19-11-6-5-8-15(19)2;1-14-7-6-8-16-11-18(29(23(30)19(14)16)17-9-4-3-5-10-17)15(2)28-22-20-21(25-12-24-20)26-13-27-22;1-11-4-3-5-13-8-15(26(14-6-7-14)20(27)16(11)13)12(2)25-19-17-18(22-9-21-17)23-10-24-19/h5-14,18H,4H2,1-3H3,(H2,26,27,28,29,30);3-13,15H,1-2H3,(H2,24,25,26,27,28);3-5,8-10,12,14H,6-7H2,1-2H3,(H2,21,22,23,24,25). The second kappa shape index (κ2) is 23.9. The van der Waals surface area contributed by atoms with Gasteiger partial charge in [0.05, 0.1) is 59.0 Å². The third-order valence-electron chi connectivity index (χ3n) is 16.5. The van der Waals surface area contributed by atoms with Crippen LogP contribution >= 0.6 is 0 Å². The van der Waals surface area contributed by atoms with E-state index in [9.17, 15) is 14.4 Å². The quantitative estimate of drug-likeness (QED) is 0.0627. The summed E-state index contributed by atoms with van der Waals surface area (Å²) >= 11 is 0. The van der Waals surface area contributed by atoms with Crippen molar-refractivity contribution in [2.75, 3.05) is 16.0 Å². The van der Waals surface area contributed by atoms with Gasteiger partial charge in [0, 0.05) is 28.8 Å². The number of rotatable bonds is 13. The first kappa shape index (κ1) is 56.9. The minimum Gasteiger partial charge on any atom is -0.360 e. The Morgan fingerprint density at radius 3 is 1.38 bits per heavy atom. The minimum atomic E-state index is -0.204. The lowest BCUT2D eigenvalue weighted by Gasteiger charge is -2.24. The fourth-order valence-corrected chi connectivity index (χ4v) is 11.9. The van der Waals surface area contributed by atoms with Gasteiger partial charge in [0.1, 0.15) is 35.5 Å². The number of nitrogens with one attached hydrogen (secondary N) is 6. The van der Waals surface area contributed by atoms with Crippen LogP contribution in [-0.2, 0) is 0 Å². The molecule has 6 N–H and O–H groups in total. The number of aryl methyl sites for hydroxylation is 4. The summed E-state index contributed by atoms with van der Waals surface area (Å²) in [6, 6.07) is 41.7. The maximum atomic E-state index is 13.9. The van der Waals surface area contributed by atoms with Crippen LogP contribution in [0, 0.1) is 27.7 Å². The van der Waals surface area contributed by atoms with Crippen molar-refractivity contribution in [3.63, 3.8) is 0 Å². The largest absolute Gasteiger partial charge is 0.360 e. The average Bonchev–Trinajstić information content (AvgIpc) is 1.66. The number of aromatic nitrogens is 15. The highest BCUT2D eigenvalue weighted by molar-refractivity contribution is 5.89. The summed E-state index contributed by atoms with van der Waals surface area (Å²) in [6.07, 6.45) is 12.1. The number of benzene rings is 5. The van der Waals surface area contributed by atoms with Crippen LogP contribution in [0.1, 0.15) is 104 Å². The number of nitrogens with zero attached hydrogens (tertiary/aromatic N) is 12. The summed E-state index contributed by atoms with van der Waals surface area (Å²) in [7, 11) is 0. The number of anilines is 3. The van der Waals surface area contributed by atoms with Crippen LogP contribution in [-0.4, -0.2) is 73.5 Å². The Hall–Kier alpha value is -11.2. The highest BCUT2D eigenvalue weighted by atomic mass is 16.1. The Labute approximate surface area is 509 Å². The molecule has 89 heavy (non-hydrogen) atoms. The van der Waals surface area contributed by atoms with Gasteiger partial charge in [-0.1, -0.05) is 97.9 Å². The highest BCUT2D eigenvalue weighted by Gasteiger charge is 2.30. The van der Waals surface area contributed by atoms with E-state index in [2.05, 4.69) is 108 Å². The summed E-state index contributed by atoms with van der Waals surface area (Å²) in [5.74, 6) is 1.98. The molecule has 21 nitrogen and oxygen atoms in total. The van der Waals surface area contributed by atoms with Gasteiger partial charge in [-0.05, 0) is 136 Å². The molecule has 5 aromatic carbocycles. The first-order valence-electron chi connectivity index (χ1n) is 29.6. The zero-order valence-electron chi connectivity index (χ0n) is 50.1. The van der Waals surface area contributed by atoms with E-state index in [4.69, 9.17) is 0 Å². The predicted molar refractivity (Wildman–Crippen MR) is 350 cm³/mol. The number of imidazole rings is 3. The van der Waals surface area contributed by atoms with Crippen LogP contribution in [0.4, 0.5) is 17.5 Å². The van der Waals surface area contributed by atoms with Gasteiger partial charge >= 0.3 is 0 Å². The molecule has 14 aromatic rings. The van der Waals surface area contributed by atoms with Crippen molar-refractivity contribution in [3.05, 3.63) is 236 Å². The summed E-state index contributed by atoms with van der Waals surface area (Å²) in [5, 5.41) is 15.5. The molecule has 21 heteroatoms. The van der Waals surface area contributed by atoms with E-state index in [1.165, 1.54) is 19.0 Å². The molecule has 3 atom stereocenters. The van der Waals surface area contributed by atoms with Crippen molar-refractivity contribution < 1.29 is 0 Å². The summed E-state index contributed by atoms with van der Waals surface area (Å²) < 4.78 is 5.59. The van der Waals surface area contributed by atoms with E-state index in [0.29, 0.717) is 40.4 Å². The summed E-state index contributed by atoms with van der Waals surface area (Å²) in [5.41, 5.74) is 12.5. The second-order valence-electron chi connectivity index (χ2n) is 22.4. The van der Waals surface area contributed by atoms with Crippen molar-refractivity contribution in [1.82, 2.24) is 73.5 Å². The molecule has 0 spiro atoms. The molecule has 1 fully saturated rings. The maximum Gasteiger partial charge on any atom is 0.263 e. The van der Waals surface area contributed by atoms with Crippen molar-refractivity contribution in [1.29, 1.82) is 0 Å². The first-order valence-corrected chi connectivity index (χ1v) is 29.6. The molecule has 0 amide bonds. The molecule has 15 rings (SSSR count). The lowest BCUT2D eigenvalue weighted by molar-refractivity contribution is 0.636. The zero-order valence-corrected chi connectivity index (χ0v) is 50.1. The molecule has 3 unspecified atom stereocenters. The van der Waals surface area contributed by atoms with Crippen LogP contribution in [0.15, 0.2) is 180 Å². The fourth-order valence-electron chi connectivity index (χ4n) is 11.9. The average molecular weight is 1180 g/mol. The van der Waals surface area contributed by atoms with Crippen molar-refractivity contribution in [2.45, 2.75) is 91.9 Å². The van der Waals surface area contributed by atoms with E-state index in [0.717, 1.165) is 119 Å². The number of H-pyrrole nitrogens is 3. The van der Waals surface area contributed by atoms with Gasteiger partial charge < -0.3 is 35.5 Å². The molecule has 1 saturated carbocycles. The monoisotopic (exact) mass is 1180 g/mol. The van der Waals surface area contributed by atoms with Crippen LogP contribution < -0.4 is 32.6 Å². The molecule has 444 valence electrons. The van der Waals surface area contributed by atoms with Gasteiger partial charge in [-0.2, -0.15) is 0 Å². The SMILES string of the molecule is CCC(Nc1ncnc2nc[nH]c12)c1cc2cccc(C)c2c(=O)n1-c1ccccc1C.Cc1cccc2cc(C(C)Nc3ncnc4nc[nH]c34)n(-c3ccccc3)c(=O)c12.Cc1cccc2cc(C(C)Nc3ncnc4nc[nH]c34)n(C3CC3)c(=O)c12. The third kappa shape index (κ3) is 10.9. The third-order valence-corrected chi connectivity index (χ3v) is 16.5. The van der Waals surface area contributed by atoms with E-state index in [1.807, 2.05) is 153 Å². The maximum absolute atomic E-state index is 13.9. The molecule has 9 heterocycles. The smallest absolute Gasteiger partial charge is 0.263 e. The molecular weight excluding hydrogens is 1120 g/mol. The molecule has 1 aliphatic carbocycles. The second-order valence-corrected chi connectivity index (χ2v) is 22.4. The molecule has 1 aliphatic rings.